The van der Waals surface area contributed by atoms with Gasteiger partial charge in [0.05, 0.1) is 11.4 Å². The Morgan fingerprint density at radius 3 is 2.15 bits per heavy atom. The minimum absolute atomic E-state index is 0.759. The molecule has 4 heteroatoms. The number of thiophene rings is 1. The minimum Gasteiger partial charge on any atom is -0.223 e. The molecule has 3 aromatic carbocycles. The highest BCUT2D eigenvalue weighted by Crippen LogP contribution is 2.36. The van der Waals surface area contributed by atoms with Gasteiger partial charge in [-0.25, -0.2) is 9.97 Å². The average molecular weight is 464 g/mol. The van der Waals surface area contributed by atoms with Gasteiger partial charge in [-0.2, -0.15) is 0 Å². The third-order valence-electron chi connectivity index (χ3n) is 4.44. The van der Waals surface area contributed by atoms with Gasteiger partial charge in [0, 0.05) is 53.9 Å². The molecule has 5 aromatic rings. The van der Waals surface area contributed by atoms with E-state index >= 15 is 0 Å². The Hall–Kier alpha value is -2.31. The van der Waals surface area contributed by atoms with E-state index in [0.29, 0.717) is 0 Å². The van der Waals surface area contributed by atoms with Crippen LogP contribution in [0.2, 0.25) is 0 Å². The number of hydrogen-bond donors (Lipinski definition) is 0. The molecule has 0 saturated carbocycles. The molecule has 0 aliphatic heterocycles. The lowest BCUT2D eigenvalue weighted by Gasteiger charge is -2.06. The molecule has 124 valence electrons. The predicted octanol–water partition coefficient (Wildman–Crippen LogP) is 6.78. The number of hydrogen-bond acceptors (Lipinski definition) is 3. The van der Waals surface area contributed by atoms with Crippen LogP contribution in [-0.4, -0.2) is 9.97 Å². The van der Waals surface area contributed by atoms with Crippen molar-refractivity contribution in [3.63, 3.8) is 0 Å². The second-order valence-electron chi connectivity index (χ2n) is 6.08. The first-order chi connectivity index (χ1) is 12.8. The second-order valence-corrected chi connectivity index (χ2v) is 8.13. The summed E-state index contributed by atoms with van der Waals surface area (Å²) in [6.07, 6.45) is 0. The summed E-state index contributed by atoms with van der Waals surface area (Å²) in [5.74, 6) is 0. The monoisotopic (exact) mass is 464 g/mol. The molecule has 0 amide bonds. The average Bonchev–Trinajstić information content (AvgIpc) is 3.06. The lowest BCUT2D eigenvalue weighted by Crippen LogP contribution is -1.94. The van der Waals surface area contributed by atoms with E-state index in [2.05, 4.69) is 93.2 Å². The molecule has 0 N–H and O–H groups in total. The van der Waals surface area contributed by atoms with E-state index in [1.54, 1.807) is 0 Å². The van der Waals surface area contributed by atoms with Crippen molar-refractivity contribution in [3.05, 3.63) is 82.7 Å². The van der Waals surface area contributed by atoms with Crippen molar-refractivity contribution in [1.82, 2.24) is 9.97 Å². The first-order valence-electron chi connectivity index (χ1n) is 8.30. The number of halogens is 1. The zero-order valence-electron chi connectivity index (χ0n) is 13.7. The zero-order valence-corrected chi connectivity index (χ0v) is 16.7. The van der Waals surface area contributed by atoms with E-state index in [0.717, 1.165) is 26.3 Å². The van der Waals surface area contributed by atoms with E-state index in [9.17, 15) is 0 Å². The molecule has 0 atom stereocenters. The fourth-order valence-corrected chi connectivity index (χ4v) is 4.81. The van der Waals surface area contributed by atoms with E-state index in [-0.39, 0.29) is 0 Å². The van der Waals surface area contributed by atoms with Gasteiger partial charge >= 0.3 is 0 Å². The molecular formula is C22H13IN2S. The maximum absolute atomic E-state index is 4.68. The SMILES string of the molecule is Ic1nc(-c2ccccc2)cc(-c2ccc3sc4ccccc4c3c2)n1. The van der Waals surface area contributed by atoms with Gasteiger partial charge < -0.3 is 0 Å². The smallest absolute Gasteiger partial charge is 0.191 e. The van der Waals surface area contributed by atoms with Gasteiger partial charge in [0.15, 0.2) is 3.83 Å². The van der Waals surface area contributed by atoms with E-state index in [1.165, 1.54) is 20.2 Å². The highest BCUT2D eigenvalue weighted by Gasteiger charge is 2.10. The Morgan fingerprint density at radius 2 is 1.31 bits per heavy atom. The van der Waals surface area contributed by atoms with Crippen molar-refractivity contribution < 1.29 is 0 Å². The molecule has 2 heterocycles. The second kappa shape index (κ2) is 6.45. The van der Waals surface area contributed by atoms with Crippen molar-refractivity contribution in [2.24, 2.45) is 0 Å². The summed E-state index contributed by atoms with van der Waals surface area (Å²) in [6, 6.07) is 27.5. The number of fused-ring (bicyclic) bond motifs is 3. The van der Waals surface area contributed by atoms with Crippen LogP contribution in [-0.2, 0) is 0 Å². The van der Waals surface area contributed by atoms with Gasteiger partial charge in [-0.3, -0.25) is 0 Å². The van der Waals surface area contributed by atoms with Crippen molar-refractivity contribution >= 4 is 54.1 Å². The van der Waals surface area contributed by atoms with Gasteiger partial charge in [0.25, 0.3) is 0 Å². The Morgan fingerprint density at radius 1 is 0.615 bits per heavy atom. The van der Waals surface area contributed by atoms with E-state index < -0.39 is 0 Å². The Bertz CT molecular complexity index is 1250. The third-order valence-corrected chi connectivity index (χ3v) is 6.08. The van der Waals surface area contributed by atoms with Gasteiger partial charge in [-0.05, 0) is 24.3 Å². The van der Waals surface area contributed by atoms with Crippen LogP contribution in [0.3, 0.4) is 0 Å². The van der Waals surface area contributed by atoms with Crippen molar-refractivity contribution in [2.75, 3.05) is 0 Å². The molecular weight excluding hydrogens is 451 g/mol. The highest BCUT2D eigenvalue weighted by atomic mass is 127. The minimum atomic E-state index is 0.759. The van der Waals surface area contributed by atoms with Gasteiger partial charge in [0.2, 0.25) is 0 Å². The Kier molecular flexibility index (Phi) is 3.94. The summed E-state index contributed by atoms with van der Waals surface area (Å²) >= 11 is 4.03. The molecule has 5 rings (SSSR count). The van der Waals surface area contributed by atoms with Crippen LogP contribution in [0.15, 0.2) is 78.9 Å². The van der Waals surface area contributed by atoms with Crippen LogP contribution >= 0.6 is 33.9 Å². The molecule has 0 saturated heterocycles. The molecule has 0 aliphatic rings. The topological polar surface area (TPSA) is 25.8 Å². The fourth-order valence-electron chi connectivity index (χ4n) is 3.21. The predicted molar refractivity (Wildman–Crippen MR) is 119 cm³/mol. The molecule has 2 nitrogen and oxygen atoms in total. The largest absolute Gasteiger partial charge is 0.223 e. The summed E-state index contributed by atoms with van der Waals surface area (Å²) < 4.78 is 3.39. The van der Waals surface area contributed by atoms with Crippen molar-refractivity contribution in [2.45, 2.75) is 0 Å². The molecule has 0 unspecified atom stereocenters. The summed E-state index contributed by atoms with van der Waals surface area (Å²) in [5.41, 5.74) is 4.14. The number of nitrogens with zero attached hydrogens (tertiary/aromatic N) is 2. The number of rotatable bonds is 2. The van der Waals surface area contributed by atoms with Gasteiger partial charge in [0.1, 0.15) is 0 Å². The molecule has 0 aliphatic carbocycles. The highest BCUT2D eigenvalue weighted by molar-refractivity contribution is 14.1. The standard InChI is InChI=1S/C22H13IN2S/c23-22-24-18(14-6-2-1-3-7-14)13-19(25-22)15-10-11-21-17(12-15)16-8-4-5-9-20(16)26-21/h1-13H. The van der Waals surface area contributed by atoms with E-state index in [1.807, 2.05) is 29.5 Å². The maximum Gasteiger partial charge on any atom is 0.191 e. The van der Waals surface area contributed by atoms with E-state index in [4.69, 9.17) is 0 Å². The first-order valence-corrected chi connectivity index (χ1v) is 10.2. The molecule has 0 spiro atoms. The van der Waals surface area contributed by atoms with Crippen LogP contribution in [0.25, 0.3) is 42.7 Å². The molecule has 0 bridgehead atoms. The summed E-state index contributed by atoms with van der Waals surface area (Å²) in [7, 11) is 0. The van der Waals surface area contributed by atoms with Crippen LogP contribution in [0.1, 0.15) is 0 Å². The van der Waals surface area contributed by atoms with Crippen LogP contribution in [0.5, 0.6) is 0 Å². The Labute approximate surface area is 168 Å². The molecule has 2 aromatic heterocycles. The Balaban J connectivity index is 1.70. The quantitative estimate of drug-likeness (QED) is 0.213. The fraction of sp³-hybridized carbons (Fsp3) is 0. The van der Waals surface area contributed by atoms with Crippen molar-refractivity contribution in [3.8, 4) is 22.5 Å². The van der Waals surface area contributed by atoms with Crippen molar-refractivity contribution in [1.29, 1.82) is 0 Å². The lowest BCUT2D eigenvalue weighted by molar-refractivity contribution is 1.12. The van der Waals surface area contributed by atoms with Crippen LogP contribution < -0.4 is 0 Å². The molecule has 0 radical (unpaired) electrons. The first kappa shape index (κ1) is 15.9. The van der Waals surface area contributed by atoms with Gasteiger partial charge in [-0.1, -0.05) is 54.6 Å². The summed E-state index contributed by atoms with van der Waals surface area (Å²) in [4.78, 5) is 9.29. The summed E-state index contributed by atoms with van der Waals surface area (Å²) in [5, 5.41) is 2.60. The van der Waals surface area contributed by atoms with Gasteiger partial charge in [-0.15, -0.1) is 11.3 Å². The third kappa shape index (κ3) is 2.79. The summed E-state index contributed by atoms with van der Waals surface area (Å²) in [6.45, 7) is 0. The number of aromatic nitrogens is 2. The molecule has 26 heavy (non-hydrogen) atoms. The van der Waals surface area contributed by atoms with Crippen LogP contribution in [0, 0.1) is 3.83 Å². The number of benzene rings is 3. The normalized spacial score (nSPS) is 11.3. The maximum atomic E-state index is 4.68. The zero-order chi connectivity index (χ0) is 17.5. The van der Waals surface area contributed by atoms with Crippen LogP contribution in [0.4, 0.5) is 0 Å². The molecule has 0 fully saturated rings. The lowest BCUT2D eigenvalue weighted by atomic mass is 10.0.